The number of fused-ring (bicyclic) bond motifs is 1. The Balaban J connectivity index is 1.27. The summed E-state index contributed by atoms with van der Waals surface area (Å²) in [4.78, 5) is 46.0. The molecule has 0 bridgehead atoms. The van der Waals surface area contributed by atoms with E-state index in [0.29, 0.717) is 31.4 Å². The van der Waals surface area contributed by atoms with Crippen molar-refractivity contribution >= 4 is 28.4 Å². The molecule has 3 heterocycles. The molecule has 2 aliphatic heterocycles. The van der Waals surface area contributed by atoms with Gasteiger partial charge in [0, 0.05) is 56.8 Å². The summed E-state index contributed by atoms with van der Waals surface area (Å²) >= 11 is 0. The SMILES string of the molecule is O=C1CC(C(=O)N2CCN(c3ccc4c(=O)n(C5CCCC5)cnc4c3)CC2)CCN1. The lowest BCUT2D eigenvalue weighted by Gasteiger charge is -2.38. The van der Waals surface area contributed by atoms with Crippen molar-refractivity contribution in [1.29, 1.82) is 0 Å². The van der Waals surface area contributed by atoms with Gasteiger partial charge in [0.2, 0.25) is 11.8 Å². The van der Waals surface area contributed by atoms with Gasteiger partial charge in [-0.15, -0.1) is 0 Å². The van der Waals surface area contributed by atoms with Crippen molar-refractivity contribution in [2.75, 3.05) is 37.6 Å². The van der Waals surface area contributed by atoms with Crippen LogP contribution in [0, 0.1) is 5.92 Å². The highest BCUT2D eigenvalue weighted by Gasteiger charge is 2.31. The van der Waals surface area contributed by atoms with Gasteiger partial charge in [-0.2, -0.15) is 0 Å². The number of nitrogens with one attached hydrogen (secondary N) is 1. The Hall–Kier alpha value is -2.90. The van der Waals surface area contributed by atoms with Crippen LogP contribution in [0.4, 0.5) is 5.69 Å². The minimum absolute atomic E-state index is 0.0288. The lowest BCUT2D eigenvalue weighted by molar-refractivity contribution is -0.140. The van der Waals surface area contributed by atoms with Gasteiger partial charge in [-0.3, -0.25) is 19.0 Å². The molecular weight excluding hydrogens is 394 g/mol. The molecule has 31 heavy (non-hydrogen) atoms. The van der Waals surface area contributed by atoms with Crippen molar-refractivity contribution in [3.63, 3.8) is 0 Å². The fraction of sp³-hybridized carbons (Fsp3) is 0.565. The van der Waals surface area contributed by atoms with Gasteiger partial charge < -0.3 is 15.1 Å². The standard InChI is InChI=1S/C23H29N5O3/c29-21-13-16(7-8-24-21)22(30)27-11-9-26(10-12-27)18-5-6-19-20(14-18)25-15-28(23(19)31)17-3-1-2-4-17/h5-6,14-17H,1-4,7-13H2,(H,24,29). The lowest BCUT2D eigenvalue weighted by atomic mass is 9.95. The van der Waals surface area contributed by atoms with Crippen molar-refractivity contribution in [1.82, 2.24) is 19.8 Å². The van der Waals surface area contributed by atoms with Crippen LogP contribution in [-0.4, -0.2) is 59.0 Å². The van der Waals surface area contributed by atoms with E-state index in [0.717, 1.165) is 43.6 Å². The predicted octanol–water partition coefficient (Wildman–Crippen LogP) is 1.69. The maximum absolute atomic E-state index is 12.9. The Bertz CT molecular complexity index is 1050. The Kier molecular flexibility index (Phi) is 5.38. The van der Waals surface area contributed by atoms with E-state index < -0.39 is 0 Å². The fourth-order valence-electron chi connectivity index (χ4n) is 5.20. The van der Waals surface area contributed by atoms with Crippen LogP contribution in [0.2, 0.25) is 0 Å². The number of nitrogens with zero attached hydrogens (tertiary/aromatic N) is 4. The second kappa shape index (κ2) is 8.32. The number of aromatic nitrogens is 2. The summed E-state index contributed by atoms with van der Waals surface area (Å²) in [5.74, 6) is -0.117. The van der Waals surface area contributed by atoms with Crippen LogP contribution in [0.1, 0.15) is 44.6 Å². The molecule has 8 nitrogen and oxygen atoms in total. The van der Waals surface area contributed by atoms with E-state index in [-0.39, 0.29) is 29.3 Å². The third-order valence-electron chi connectivity index (χ3n) is 7.04. The molecule has 1 saturated carbocycles. The average Bonchev–Trinajstić information content (AvgIpc) is 3.33. The van der Waals surface area contributed by atoms with E-state index in [1.54, 1.807) is 6.33 Å². The third kappa shape index (κ3) is 3.91. The Labute approximate surface area is 181 Å². The number of anilines is 1. The molecule has 164 valence electrons. The first kappa shape index (κ1) is 20.0. The minimum atomic E-state index is -0.188. The Morgan fingerprint density at radius 3 is 2.55 bits per heavy atom. The van der Waals surface area contributed by atoms with Crippen LogP contribution < -0.4 is 15.8 Å². The summed E-state index contributed by atoms with van der Waals surface area (Å²) in [7, 11) is 0. The summed E-state index contributed by atoms with van der Waals surface area (Å²) in [6.45, 7) is 3.34. The largest absolute Gasteiger partial charge is 0.368 e. The van der Waals surface area contributed by atoms with E-state index in [1.807, 2.05) is 27.7 Å². The molecule has 3 fully saturated rings. The maximum Gasteiger partial charge on any atom is 0.261 e. The highest BCUT2D eigenvalue weighted by molar-refractivity contribution is 5.87. The lowest BCUT2D eigenvalue weighted by Crippen LogP contribution is -2.52. The molecule has 1 N–H and O–H groups in total. The van der Waals surface area contributed by atoms with E-state index in [4.69, 9.17) is 0 Å². The van der Waals surface area contributed by atoms with Crippen LogP contribution >= 0.6 is 0 Å². The topological polar surface area (TPSA) is 87.5 Å². The first-order valence-electron chi connectivity index (χ1n) is 11.4. The smallest absolute Gasteiger partial charge is 0.261 e. The van der Waals surface area contributed by atoms with Crippen molar-refractivity contribution in [3.05, 3.63) is 34.9 Å². The molecule has 0 spiro atoms. The van der Waals surface area contributed by atoms with E-state index in [2.05, 4.69) is 15.2 Å². The number of rotatable bonds is 3. The molecule has 0 radical (unpaired) electrons. The molecule has 5 rings (SSSR count). The summed E-state index contributed by atoms with van der Waals surface area (Å²) in [5.41, 5.74) is 1.81. The predicted molar refractivity (Wildman–Crippen MR) is 118 cm³/mol. The first-order chi connectivity index (χ1) is 15.1. The normalized spacial score (nSPS) is 22.7. The molecule has 2 amide bonds. The third-order valence-corrected chi connectivity index (χ3v) is 7.04. The van der Waals surface area contributed by atoms with Gasteiger partial charge in [0.15, 0.2) is 0 Å². The monoisotopic (exact) mass is 423 g/mol. The minimum Gasteiger partial charge on any atom is -0.368 e. The molecule has 1 unspecified atom stereocenters. The maximum atomic E-state index is 12.9. The Morgan fingerprint density at radius 1 is 1.03 bits per heavy atom. The number of carbonyl (C=O) groups is 2. The van der Waals surface area contributed by atoms with Crippen molar-refractivity contribution in [2.45, 2.75) is 44.6 Å². The number of benzene rings is 1. The quantitative estimate of drug-likeness (QED) is 0.812. The van der Waals surface area contributed by atoms with Gasteiger partial charge in [-0.1, -0.05) is 12.8 Å². The number of piperidine rings is 1. The zero-order valence-corrected chi connectivity index (χ0v) is 17.8. The second-order valence-corrected chi connectivity index (χ2v) is 8.95. The molecule has 2 aromatic rings. The summed E-state index contributed by atoms with van der Waals surface area (Å²) in [5, 5.41) is 3.46. The van der Waals surface area contributed by atoms with Crippen LogP contribution in [0.5, 0.6) is 0 Å². The molecule has 3 aliphatic rings. The van der Waals surface area contributed by atoms with Crippen LogP contribution in [-0.2, 0) is 9.59 Å². The van der Waals surface area contributed by atoms with Gasteiger partial charge >= 0.3 is 0 Å². The van der Waals surface area contributed by atoms with Crippen molar-refractivity contribution in [3.8, 4) is 0 Å². The van der Waals surface area contributed by atoms with E-state index in [9.17, 15) is 14.4 Å². The van der Waals surface area contributed by atoms with E-state index >= 15 is 0 Å². The highest BCUT2D eigenvalue weighted by Crippen LogP contribution is 2.29. The number of hydrogen-bond donors (Lipinski definition) is 1. The molecular formula is C23H29N5O3. The highest BCUT2D eigenvalue weighted by atomic mass is 16.2. The second-order valence-electron chi connectivity index (χ2n) is 8.95. The summed E-state index contributed by atoms with van der Waals surface area (Å²) in [6, 6.07) is 6.15. The zero-order valence-electron chi connectivity index (χ0n) is 17.8. The fourth-order valence-corrected chi connectivity index (χ4v) is 5.20. The molecule has 1 aliphatic carbocycles. The van der Waals surface area contributed by atoms with Gasteiger partial charge in [0.05, 0.1) is 17.2 Å². The van der Waals surface area contributed by atoms with Crippen molar-refractivity contribution in [2.24, 2.45) is 5.92 Å². The number of piperazine rings is 1. The summed E-state index contributed by atoms with van der Waals surface area (Å²) in [6.07, 6.45) is 7.20. The number of carbonyl (C=O) groups excluding carboxylic acids is 2. The molecule has 2 saturated heterocycles. The molecule has 1 atom stereocenters. The molecule has 1 aromatic carbocycles. The molecule has 8 heteroatoms. The van der Waals surface area contributed by atoms with Crippen LogP contribution in [0.25, 0.3) is 10.9 Å². The molecule has 1 aromatic heterocycles. The van der Waals surface area contributed by atoms with Crippen molar-refractivity contribution < 1.29 is 9.59 Å². The van der Waals surface area contributed by atoms with Gasteiger partial charge in [-0.25, -0.2) is 4.98 Å². The Morgan fingerprint density at radius 2 is 1.81 bits per heavy atom. The van der Waals surface area contributed by atoms with Crippen LogP contribution in [0.15, 0.2) is 29.3 Å². The van der Waals surface area contributed by atoms with Gasteiger partial charge in [0.25, 0.3) is 5.56 Å². The van der Waals surface area contributed by atoms with Crippen LogP contribution in [0.3, 0.4) is 0 Å². The zero-order chi connectivity index (χ0) is 21.4. The van der Waals surface area contributed by atoms with E-state index in [1.165, 1.54) is 12.8 Å². The average molecular weight is 424 g/mol. The number of amides is 2. The first-order valence-corrected chi connectivity index (χ1v) is 11.4. The van der Waals surface area contributed by atoms with Gasteiger partial charge in [-0.05, 0) is 37.5 Å². The summed E-state index contributed by atoms with van der Waals surface area (Å²) < 4.78 is 1.81. The van der Waals surface area contributed by atoms with Gasteiger partial charge in [0.1, 0.15) is 0 Å². The number of hydrogen-bond acceptors (Lipinski definition) is 5.